The van der Waals surface area contributed by atoms with Gasteiger partial charge in [-0.2, -0.15) is 0 Å². The first-order valence-corrected chi connectivity index (χ1v) is 12.2. The van der Waals surface area contributed by atoms with Gasteiger partial charge in [-0.1, -0.05) is 11.6 Å². The Bertz CT molecular complexity index is 872. The smallest absolute Gasteiger partial charge is 0.263 e. The van der Waals surface area contributed by atoms with E-state index >= 15 is 0 Å². The van der Waals surface area contributed by atoms with Gasteiger partial charge in [0.2, 0.25) is 0 Å². The molecular weight excluding hydrogens is 443 g/mol. The first-order chi connectivity index (χ1) is 14.3. The van der Waals surface area contributed by atoms with Crippen LogP contribution in [-0.2, 0) is 4.79 Å². The Balaban J connectivity index is 1.48. The number of hydrogen-bond acceptors (Lipinski definition) is 5. The van der Waals surface area contributed by atoms with Gasteiger partial charge in [0, 0.05) is 33.9 Å². The largest absolute Gasteiger partial charge is 0.475 e. The van der Waals surface area contributed by atoms with E-state index in [1.807, 2.05) is 0 Å². The number of thioether (sulfide) groups is 1. The summed E-state index contributed by atoms with van der Waals surface area (Å²) >= 11 is 9.26. The van der Waals surface area contributed by atoms with Crippen LogP contribution in [0.2, 0.25) is 5.02 Å². The summed E-state index contributed by atoms with van der Waals surface area (Å²) in [6.07, 6.45) is 3.78. The van der Waals surface area contributed by atoms with Gasteiger partial charge in [-0.15, -0.1) is 11.8 Å². The van der Waals surface area contributed by atoms with Crippen LogP contribution in [0.5, 0.6) is 5.75 Å². The van der Waals surface area contributed by atoms with Gasteiger partial charge in [-0.3, -0.25) is 4.79 Å². The molecule has 0 aliphatic carbocycles. The summed E-state index contributed by atoms with van der Waals surface area (Å²) in [4.78, 5) is 15.2. The molecule has 1 N–H and O–H groups in total. The molecule has 0 radical (unpaired) electrons. The minimum absolute atomic E-state index is 0.0123. The Morgan fingerprint density at radius 3 is 2.40 bits per heavy atom. The van der Waals surface area contributed by atoms with Crippen LogP contribution in [0.25, 0.3) is 0 Å². The van der Waals surface area contributed by atoms with E-state index in [0.29, 0.717) is 0 Å². The summed E-state index contributed by atoms with van der Waals surface area (Å²) in [7, 11) is 0. The normalized spacial score (nSPS) is 15.8. The van der Waals surface area contributed by atoms with E-state index < -0.39 is 11.4 Å². The molecule has 1 aliphatic heterocycles. The molecule has 0 aromatic heterocycles. The van der Waals surface area contributed by atoms with Gasteiger partial charge in [-0.25, -0.2) is 8.70 Å². The van der Waals surface area contributed by atoms with Crippen molar-refractivity contribution in [1.82, 2.24) is 9.62 Å². The number of carbonyl (C=O) groups is 1. The molecule has 8 heteroatoms. The molecule has 1 fully saturated rings. The Kier molecular flexibility index (Phi) is 7.96. The fraction of sp³-hybridized carbons (Fsp3) is 0.409. The molecular formula is C22H26ClFN2O2S2. The number of hydrogen-bond donors (Lipinski definition) is 1. The molecule has 2 aromatic carbocycles. The maximum atomic E-state index is 14.0. The van der Waals surface area contributed by atoms with E-state index in [2.05, 4.69) is 40.1 Å². The maximum Gasteiger partial charge on any atom is 0.263 e. The number of nitrogens with zero attached hydrogens (tertiary/aromatic N) is 1. The fourth-order valence-electron chi connectivity index (χ4n) is 3.12. The average Bonchev–Trinajstić information content (AvgIpc) is 2.72. The van der Waals surface area contributed by atoms with E-state index in [-0.39, 0.29) is 22.7 Å². The van der Waals surface area contributed by atoms with E-state index in [0.717, 1.165) is 25.9 Å². The number of piperidine rings is 1. The van der Waals surface area contributed by atoms with Gasteiger partial charge in [0.05, 0.1) is 0 Å². The lowest BCUT2D eigenvalue weighted by Crippen LogP contribution is -2.52. The van der Waals surface area contributed by atoms with Gasteiger partial charge >= 0.3 is 0 Å². The Labute approximate surface area is 191 Å². The number of halogens is 2. The van der Waals surface area contributed by atoms with Gasteiger partial charge in [0.15, 0.2) is 17.2 Å². The molecule has 1 saturated heterocycles. The number of carbonyl (C=O) groups excluding carboxylic acids is 1. The average molecular weight is 469 g/mol. The molecule has 0 saturated carbocycles. The predicted molar refractivity (Wildman–Crippen MR) is 123 cm³/mol. The molecule has 1 amide bonds. The number of rotatable bonds is 7. The number of benzene rings is 2. The maximum absolute atomic E-state index is 14.0. The van der Waals surface area contributed by atoms with E-state index in [9.17, 15) is 9.18 Å². The highest BCUT2D eigenvalue weighted by atomic mass is 35.5. The second-order valence-corrected chi connectivity index (χ2v) is 10.1. The standard InChI is InChI=1S/C22H26ClFN2O2S2/c1-22(2,28-20-9-4-15(23)14-19(20)24)21(27)25-16-10-12-26(13-11-16)30-18-7-5-17(29-3)6-8-18/h4-9,14,16H,10-13H2,1-3H3,(H,25,27). The molecule has 0 atom stereocenters. The Morgan fingerprint density at radius 2 is 1.80 bits per heavy atom. The van der Waals surface area contributed by atoms with Crippen molar-refractivity contribution < 1.29 is 13.9 Å². The predicted octanol–water partition coefficient (Wildman–Crippen LogP) is 5.65. The first-order valence-electron chi connectivity index (χ1n) is 9.79. The molecule has 1 aliphatic rings. The molecule has 0 unspecified atom stereocenters. The Morgan fingerprint density at radius 1 is 1.17 bits per heavy atom. The molecule has 2 aromatic rings. The third-order valence-corrected chi connectivity index (χ3v) is 6.97. The molecule has 30 heavy (non-hydrogen) atoms. The van der Waals surface area contributed by atoms with Crippen molar-refractivity contribution in [3.8, 4) is 5.75 Å². The third-order valence-electron chi connectivity index (χ3n) is 4.89. The lowest BCUT2D eigenvalue weighted by Gasteiger charge is -2.33. The lowest BCUT2D eigenvalue weighted by atomic mass is 10.0. The quantitative estimate of drug-likeness (QED) is 0.420. The van der Waals surface area contributed by atoms with Gasteiger partial charge < -0.3 is 10.1 Å². The summed E-state index contributed by atoms with van der Waals surface area (Å²) in [5.74, 6) is -0.826. The molecule has 0 bridgehead atoms. The number of nitrogens with one attached hydrogen (secondary N) is 1. The van der Waals surface area contributed by atoms with Gasteiger partial charge in [0.1, 0.15) is 0 Å². The zero-order valence-electron chi connectivity index (χ0n) is 17.3. The van der Waals surface area contributed by atoms with Crippen molar-refractivity contribution in [2.24, 2.45) is 0 Å². The van der Waals surface area contributed by atoms with Crippen molar-refractivity contribution in [2.75, 3.05) is 19.3 Å². The molecule has 0 spiro atoms. The van der Waals surface area contributed by atoms with Crippen molar-refractivity contribution >= 4 is 41.2 Å². The van der Waals surface area contributed by atoms with Crippen LogP contribution in [0.3, 0.4) is 0 Å². The third kappa shape index (κ3) is 6.30. The van der Waals surface area contributed by atoms with Crippen molar-refractivity contribution in [1.29, 1.82) is 0 Å². The van der Waals surface area contributed by atoms with Crippen molar-refractivity contribution in [3.05, 3.63) is 53.3 Å². The zero-order chi connectivity index (χ0) is 21.7. The monoisotopic (exact) mass is 468 g/mol. The molecule has 3 rings (SSSR count). The van der Waals surface area contributed by atoms with Crippen LogP contribution in [0.15, 0.2) is 52.3 Å². The lowest BCUT2D eigenvalue weighted by molar-refractivity contribution is -0.135. The number of ether oxygens (including phenoxy) is 1. The van der Waals surface area contributed by atoms with Gasteiger partial charge in [0.25, 0.3) is 5.91 Å². The van der Waals surface area contributed by atoms with Crippen LogP contribution in [0.4, 0.5) is 4.39 Å². The van der Waals surface area contributed by atoms with E-state index in [1.54, 1.807) is 37.6 Å². The second-order valence-electron chi connectivity index (χ2n) is 7.63. The van der Waals surface area contributed by atoms with Crippen molar-refractivity contribution in [3.63, 3.8) is 0 Å². The number of amides is 1. The minimum atomic E-state index is -1.19. The zero-order valence-corrected chi connectivity index (χ0v) is 19.7. The highest BCUT2D eigenvalue weighted by molar-refractivity contribution is 7.98. The van der Waals surface area contributed by atoms with Crippen LogP contribution in [0.1, 0.15) is 26.7 Å². The highest BCUT2D eigenvalue weighted by Crippen LogP contribution is 2.29. The van der Waals surface area contributed by atoms with Crippen molar-refractivity contribution in [2.45, 2.75) is 48.1 Å². The molecule has 1 heterocycles. The van der Waals surface area contributed by atoms with Crippen LogP contribution < -0.4 is 10.1 Å². The topological polar surface area (TPSA) is 41.6 Å². The van der Waals surface area contributed by atoms with Crippen LogP contribution in [0, 0.1) is 5.82 Å². The first kappa shape index (κ1) is 23.3. The SMILES string of the molecule is CSc1ccc(SN2CCC(NC(=O)C(C)(C)Oc3ccc(Cl)cc3F)CC2)cc1. The fourth-order valence-corrected chi connectivity index (χ4v) is 4.63. The summed E-state index contributed by atoms with van der Waals surface area (Å²) in [6.45, 7) is 5.04. The summed E-state index contributed by atoms with van der Waals surface area (Å²) in [6, 6.07) is 12.8. The minimum Gasteiger partial charge on any atom is -0.475 e. The van der Waals surface area contributed by atoms with Crippen LogP contribution in [-0.4, -0.2) is 41.2 Å². The summed E-state index contributed by atoms with van der Waals surface area (Å²) < 4.78 is 22.0. The van der Waals surface area contributed by atoms with Gasteiger partial charge in [-0.05, 0) is 87.4 Å². The molecule has 4 nitrogen and oxygen atoms in total. The van der Waals surface area contributed by atoms with E-state index in [4.69, 9.17) is 16.3 Å². The Hall–Kier alpha value is -1.41. The second kappa shape index (κ2) is 10.3. The molecule has 162 valence electrons. The highest BCUT2D eigenvalue weighted by Gasteiger charge is 2.33. The summed E-state index contributed by atoms with van der Waals surface area (Å²) in [5.41, 5.74) is -1.19. The van der Waals surface area contributed by atoms with Crippen LogP contribution >= 0.6 is 35.3 Å². The summed E-state index contributed by atoms with van der Waals surface area (Å²) in [5, 5.41) is 3.34. The van der Waals surface area contributed by atoms with E-state index in [1.165, 1.54) is 28.0 Å².